The van der Waals surface area contributed by atoms with Gasteiger partial charge >= 0.3 is 0 Å². The molecular formula is C16H24N8. The molecule has 128 valence electrons. The lowest BCUT2D eigenvalue weighted by molar-refractivity contribution is 0.552. The number of rotatable bonds is 5. The van der Waals surface area contributed by atoms with Gasteiger partial charge in [0.15, 0.2) is 11.5 Å². The van der Waals surface area contributed by atoms with Crippen molar-refractivity contribution in [1.29, 1.82) is 0 Å². The van der Waals surface area contributed by atoms with E-state index in [0.29, 0.717) is 6.04 Å². The Balaban J connectivity index is 2.01. The largest absolute Gasteiger partial charge is 0.360 e. The molecule has 0 aliphatic carbocycles. The summed E-state index contributed by atoms with van der Waals surface area (Å²) in [6, 6.07) is 0.266. The van der Waals surface area contributed by atoms with Crippen LogP contribution in [0, 0.1) is 0 Å². The Labute approximate surface area is 141 Å². The van der Waals surface area contributed by atoms with E-state index >= 15 is 0 Å². The monoisotopic (exact) mass is 328 g/mol. The maximum Gasteiger partial charge on any atom is 0.163 e. The summed E-state index contributed by atoms with van der Waals surface area (Å²) in [6.07, 6.45) is 3.55. The molecule has 1 N–H and O–H groups in total. The number of aryl methyl sites for hydroxylation is 1. The number of hydrogen-bond donors (Lipinski definition) is 1. The van der Waals surface area contributed by atoms with Gasteiger partial charge in [0.05, 0.1) is 17.6 Å². The third-order valence-electron chi connectivity index (χ3n) is 4.02. The Morgan fingerprint density at radius 2 is 1.83 bits per heavy atom. The highest BCUT2D eigenvalue weighted by Gasteiger charge is 2.19. The van der Waals surface area contributed by atoms with Crippen LogP contribution in [0.1, 0.15) is 64.3 Å². The van der Waals surface area contributed by atoms with Crippen LogP contribution in [0.2, 0.25) is 0 Å². The van der Waals surface area contributed by atoms with Crippen LogP contribution in [0.25, 0.3) is 11.0 Å². The van der Waals surface area contributed by atoms with E-state index in [-0.39, 0.29) is 12.0 Å². The molecule has 3 heterocycles. The van der Waals surface area contributed by atoms with Gasteiger partial charge in [-0.1, -0.05) is 13.8 Å². The maximum atomic E-state index is 4.71. The SMILES string of the molecule is CC(C)c1nc(N[C@@H](C)c2nncn2C(C)C)c2cnn(C)c2n1. The smallest absolute Gasteiger partial charge is 0.163 e. The van der Waals surface area contributed by atoms with E-state index in [2.05, 4.69) is 64.8 Å². The number of hydrogen-bond acceptors (Lipinski definition) is 6. The minimum absolute atomic E-state index is 0.0341. The normalized spacial score (nSPS) is 13.2. The van der Waals surface area contributed by atoms with Crippen molar-refractivity contribution >= 4 is 16.9 Å². The molecule has 3 rings (SSSR count). The molecule has 0 aliphatic heterocycles. The number of anilines is 1. The lowest BCUT2D eigenvalue weighted by Gasteiger charge is -2.18. The predicted molar refractivity (Wildman–Crippen MR) is 92.8 cm³/mol. The summed E-state index contributed by atoms with van der Waals surface area (Å²) < 4.78 is 3.83. The minimum Gasteiger partial charge on any atom is -0.360 e. The van der Waals surface area contributed by atoms with Gasteiger partial charge in [-0.25, -0.2) is 9.97 Å². The van der Waals surface area contributed by atoms with E-state index in [1.807, 2.05) is 7.05 Å². The van der Waals surface area contributed by atoms with Gasteiger partial charge in [0.1, 0.15) is 18.0 Å². The van der Waals surface area contributed by atoms with Crippen molar-refractivity contribution in [2.24, 2.45) is 7.05 Å². The van der Waals surface area contributed by atoms with Gasteiger partial charge in [-0.05, 0) is 20.8 Å². The van der Waals surface area contributed by atoms with Crippen LogP contribution in [-0.4, -0.2) is 34.5 Å². The third kappa shape index (κ3) is 2.83. The summed E-state index contributed by atoms with van der Waals surface area (Å²) in [5.41, 5.74) is 0.828. The van der Waals surface area contributed by atoms with Crippen molar-refractivity contribution in [3.8, 4) is 0 Å². The van der Waals surface area contributed by atoms with Crippen LogP contribution in [0.5, 0.6) is 0 Å². The van der Waals surface area contributed by atoms with Crippen LogP contribution in [-0.2, 0) is 7.05 Å². The molecule has 3 aromatic heterocycles. The third-order valence-corrected chi connectivity index (χ3v) is 4.02. The molecule has 3 aromatic rings. The predicted octanol–water partition coefficient (Wildman–Crippen LogP) is 2.83. The van der Waals surface area contributed by atoms with Gasteiger partial charge in [-0.2, -0.15) is 5.10 Å². The molecule has 0 fully saturated rings. The number of nitrogens with zero attached hydrogens (tertiary/aromatic N) is 7. The summed E-state index contributed by atoms with van der Waals surface area (Å²) in [7, 11) is 1.89. The van der Waals surface area contributed by atoms with Gasteiger partial charge in [0, 0.05) is 19.0 Å². The first-order chi connectivity index (χ1) is 11.4. The Kier molecular flexibility index (Phi) is 4.21. The van der Waals surface area contributed by atoms with E-state index < -0.39 is 0 Å². The molecule has 24 heavy (non-hydrogen) atoms. The van der Waals surface area contributed by atoms with Gasteiger partial charge < -0.3 is 9.88 Å². The Bertz CT molecular complexity index is 845. The van der Waals surface area contributed by atoms with E-state index in [4.69, 9.17) is 4.98 Å². The lowest BCUT2D eigenvalue weighted by Crippen LogP contribution is -2.16. The topological polar surface area (TPSA) is 86.3 Å². The van der Waals surface area contributed by atoms with Crippen LogP contribution < -0.4 is 5.32 Å². The maximum absolute atomic E-state index is 4.71. The van der Waals surface area contributed by atoms with Gasteiger partial charge in [0.2, 0.25) is 0 Å². The molecular weight excluding hydrogens is 304 g/mol. The van der Waals surface area contributed by atoms with Crippen LogP contribution in [0.3, 0.4) is 0 Å². The Hall–Kier alpha value is -2.51. The summed E-state index contributed by atoms with van der Waals surface area (Å²) in [4.78, 5) is 9.33. The van der Waals surface area contributed by atoms with Crippen LogP contribution in [0.4, 0.5) is 5.82 Å². The Morgan fingerprint density at radius 3 is 2.50 bits per heavy atom. The fraction of sp³-hybridized carbons (Fsp3) is 0.562. The Morgan fingerprint density at radius 1 is 1.08 bits per heavy atom. The first-order valence-corrected chi connectivity index (χ1v) is 8.24. The first kappa shape index (κ1) is 16.4. The molecule has 0 unspecified atom stereocenters. The highest BCUT2D eigenvalue weighted by atomic mass is 15.3. The second-order valence-corrected chi connectivity index (χ2v) is 6.65. The molecule has 8 heteroatoms. The van der Waals surface area contributed by atoms with E-state index in [1.165, 1.54) is 0 Å². The van der Waals surface area contributed by atoms with Crippen LogP contribution in [0.15, 0.2) is 12.5 Å². The number of nitrogens with one attached hydrogen (secondary N) is 1. The van der Waals surface area contributed by atoms with Crippen molar-refractivity contribution in [2.75, 3.05) is 5.32 Å². The van der Waals surface area contributed by atoms with Gasteiger partial charge in [-0.3, -0.25) is 4.68 Å². The summed E-state index contributed by atoms with van der Waals surface area (Å²) in [5.74, 6) is 2.69. The average Bonchev–Trinajstić information content (AvgIpc) is 3.14. The highest BCUT2D eigenvalue weighted by Crippen LogP contribution is 2.26. The molecule has 0 bridgehead atoms. The molecule has 0 aliphatic rings. The van der Waals surface area contributed by atoms with Crippen molar-refractivity contribution < 1.29 is 0 Å². The second-order valence-electron chi connectivity index (χ2n) is 6.65. The summed E-state index contributed by atoms with van der Waals surface area (Å²) >= 11 is 0. The van der Waals surface area contributed by atoms with Crippen molar-refractivity contribution in [2.45, 2.75) is 52.6 Å². The van der Waals surface area contributed by atoms with Crippen molar-refractivity contribution in [3.63, 3.8) is 0 Å². The molecule has 0 saturated heterocycles. The molecule has 0 aromatic carbocycles. The zero-order valence-corrected chi connectivity index (χ0v) is 15.0. The standard InChI is InChI=1S/C16H24N8/c1-9(2)13-20-14(12-7-18-23(6)16(12)21-13)19-11(5)15-22-17-8-24(15)10(3)4/h7-11H,1-6H3,(H,19,20,21)/t11-/m0/s1. The molecule has 1 atom stereocenters. The quantitative estimate of drug-likeness (QED) is 0.775. The molecule has 0 saturated carbocycles. The summed E-state index contributed by atoms with van der Waals surface area (Å²) in [5, 5.41) is 17.0. The fourth-order valence-electron chi connectivity index (χ4n) is 2.64. The zero-order chi connectivity index (χ0) is 17.4. The van der Waals surface area contributed by atoms with Crippen molar-refractivity contribution in [1.82, 2.24) is 34.5 Å². The average molecular weight is 328 g/mol. The molecule has 0 spiro atoms. The molecule has 0 amide bonds. The van der Waals surface area contributed by atoms with Crippen molar-refractivity contribution in [3.05, 3.63) is 24.2 Å². The van der Waals surface area contributed by atoms with Gasteiger partial charge in [0.25, 0.3) is 0 Å². The number of fused-ring (bicyclic) bond motifs is 1. The summed E-state index contributed by atoms with van der Waals surface area (Å²) in [6.45, 7) is 10.4. The molecule has 0 radical (unpaired) electrons. The lowest BCUT2D eigenvalue weighted by atomic mass is 10.2. The van der Waals surface area contributed by atoms with E-state index in [1.54, 1.807) is 17.2 Å². The highest BCUT2D eigenvalue weighted by molar-refractivity contribution is 5.86. The minimum atomic E-state index is -0.0341. The number of aromatic nitrogens is 7. The zero-order valence-electron chi connectivity index (χ0n) is 15.0. The first-order valence-electron chi connectivity index (χ1n) is 8.24. The fourth-order valence-corrected chi connectivity index (χ4v) is 2.64. The van der Waals surface area contributed by atoms with E-state index in [0.717, 1.165) is 28.5 Å². The van der Waals surface area contributed by atoms with Crippen LogP contribution >= 0.6 is 0 Å². The molecule has 8 nitrogen and oxygen atoms in total. The second kappa shape index (κ2) is 6.18. The van der Waals surface area contributed by atoms with E-state index in [9.17, 15) is 0 Å². The van der Waals surface area contributed by atoms with Gasteiger partial charge in [-0.15, -0.1) is 10.2 Å².